The standard InChI is InChI=1S/C22H40O5/c1-8-17(23)13(4)20-14(5)18(24)11(2)9-22(7)10-16(21(26)27-20)19(25)12(3)15(22)6/h11-20,23-25H,8-10H2,1-7H3/t11?,12?,13-,14-,15?,16+,17+,18?,19?,20?,22+/m0/s1. The van der Waals surface area contributed by atoms with Gasteiger partial charge in [-0.25, -0.2) is 0 Å². The zero-order valence-electron chi connectivity index (χ0n) is 18.1. The largest absolute Gasteiger partial charge is 0.461 e. The van der Waals surface area contributed by atoms with Crippen LogP contribution < -0.4 is 0 Å². The molecule has 0 aromatic heterocycles. The lowest BCUT2D eigenvalue weighted by Crippen LogP contribution is -2.54. The van der Waals surface area contributed by atoms with Crippen molar-refractivity contribution < 1.29 is 24.9 Å². The van der Waals surface area contributed by atoms with E-state index >= 15 is 0 Å². The molecule has 1 saturated heterocycles. The summed E-state index contributed by atoms with van der Waals surface area (Å²) in [7, 11) is 0. The first-order valence-corrected chi connectivity index (χ1v) is 10.7. The maximum absolute atomic E-state index is 13.1. The molecule has 27 heavy (non-hydrogen) atoms. The molecule has 158 valence electrons. The fraction of sp³-hybridized carbons (Fsp3) is 0.955. The minimum absolute atomic E-state index is 0.0143. The maximum atomic E-state index is 13.1. The number of fused-ring (bicyclic) bond motifs is 2. The zero-order valence-corrected chi connectivity index (χ0v) is 18.1. The Morgan fingerprint density at radius 2 is 1.70 bits per heavy atom. The third kappa shape index (κ3) is 4.20. The Hall–Kier alpha value is -0.650. The van der Waals surface area contributed by atoms with Crippen LogP contribution in [0.15, 0.2) is 0 Å². The number of rotatable bonds is 3. The molecule has 0 aromatic rings. The van der Waals surface area contributed by atoms with Crippen LogP contribution in [-0.4, -0.2) is 45.7 Å². The van der Waals surface area contributed by atoms with E-state index in [0.29, 0.717) is 12.8 Å². The fourth-order valence-electron chi connectivity index (χ4n) is 5.67. The van der Waals surface area contributed by atoms with E-state index in [1.807, 2.05) is 27.7 Å². The Labute approximate surface area is 164 Å². The Balaban J connectivity index is 2.42. The van der Waals surface area contributed by atoms with Gasteiger partial charge in [-0.05, 0) is 42.4 Å². The fourth-order valence-corrected chi connectivity index (χ4v) is 5.67. The van der Waals surface area contributed by atoms with Gasteiger partial charge in [-0.3, -0.25) is 4.79 Å². The molecule has 3 N–H and O–H groups in total. The van der Waals surface area contributed by atoms with E-state index in [2.05, 4.69) is 20.8 Å². The molecule has 2 rings (SSSR count). The van der Waals surface area contributed by atoms with E-state index in [4.69, 9.17) is 4.74 Å². The molecule has 0 amide bonds. The summed E-state index contributed by atoms with van der Waals surface area (Å²) >= 11 is 0. The molecular formula is C22H40O5. The summed E-state index contributed by atoms with van der Waals surface area (Å²) in [5.41, 5.74) is -0.135. The number of esters is 1. The van der Waals surface area contributed by atoms with Crippen LogP contribution in [0.1, 0.15) is 67.7 Å². The number of aliphatic hydroxyl groups is 3. The van der Waals surface area contributed by atoms with Crippen LogP contribution in [-0.2, 0) is 9.53 Å². The predicted octanol–water partition coefficient (Wildman–Crippen LogP) is 3.00. The molecule has 5 heteroatoms. The molecule has 1 saturated carbocycles. The van der Waals surface area contributed by atoms with Crippen LogP contribution in [0.2, 0.25) is 0 Å². The predicted molar refractivity (Wildman–Crippen MR) is 105 cm³/mol. The van der Waals surface area contributed by atoms with Crippen LogP contribution >= 0.6 is 0 Å². The van der Waals surface area contributed by atoms with Gasteiger partial charge in [0.15, 0.2) is 0 Å². The molecule has 2 aliphatic rings. The number of hydrogen-bond donors (Lipinski definition) is 3. The molecule has 0 spiro atoms. The van der Waals surface area contributed by atoms with Crippen molar-refractivity contribution in [3.05, 3.63) is 0 Å². The summed E-state index contributed by atoms with van der Waals surface area (Å²) in [6.07, 6.45) is -0.571. The van der Waals surface area contributed by atoms with Crippen molar-refractivity contribution in [2.75, 3.05) is 0 Å². The minimum atomic E-state index is -0.720. The number of aliphatic hydroxyl groups excluding tert-OH is 3. The number of ether oxygens (including phenoxy) is 1. The highest BCUT2D eigenvalue weighted by Crippen LogP contribution is 2.51. The van der Waals surface area contributed by atoms with E-state index in [9.17, 15) is 20.1 Å². The summed E-state index contributed by atoms with van der Waals surface area (Å²) in [4.78, 5) is 13.1. The van der Waals surface area contributed by atoms with Crippen molar-refractivity contribution in [3.8, 4) is 0 Å². The molecule has 1 heterocycles. The molecule has 11 atom stereocenters. The van der Waals surface area contributed by atoms with Gasteiger partial charge in [0.2, 0.25) is 0 Å². The van der Waals surface area contributed by atoms with Crippen LogP contribution in [0.5, 0.6) is 0 Å². The van der Waals surface area contributed by atoms with Crippen molar-refractivity contribution in [1.29, 1.82) is 0 Å². The van der Waals surface area contributed by atoms with E-state index in [-0.39, 0.29) is 41.0 Å². The van der Waals surface area contributed by atoms with Gasteiger partial charge in [-0.1, -0.05) is 48.5 Å². The molecule has 1 aliphatic heterocycles. The first kappa shape index (κ1) is 22.6. The second-order valence-corrected chi connectivity index (χ2v) is 9.87. The molecule has 2 fully saturated rings. The third-order valence-corrected chi connectivity index (χ3v) is 8.05. The molecule has 0 aromatic carbocycles. The second-order valence-electron chi connectivity index (χ2n) is 9.87. The lowest BCUT2D eigenvalue weighted by Gasteiger charge is -2.51. The van der Waals surface area contributed by atoms with Gasteiger partial charge in [0, 0.05) is 11.8 Å². The Morgan fingerprint density at radius 3 is 2.26 bits per heavy atom. The lowest BCUT2D eigenvalue weighted by molar-refractivity contribution is -0.186. The first-order chi connectivity index (χ1) is 12.4. The minimum Gasteiger partial charge on any atom is -0.461 e. The quantitative estimate of drug-likeness (QED) is 0.651. The zero-order chi connectivity index (χ0) is 20.7. The van der Waals surface area contributed by atoms with Crippen molar-refractivity contribution in [3.63, 3.8) is 0 Å². The van der Waals surface area contributed by atoms with Crippen LogP contribution in [0.3, 0.4) is 0 Å². The summed E-state index contributed by atoms with van der Waals surface area (Å²) in [6, 6.07) is 0. The Bertz CT molecular complexity index is 523. The Morgan fingerprint density at radius 1 is 1.11 bits per heavy atom. The Kier molecular flexibility index (Phi) is 7.03. The maximum Gasteiger partial charge on any atom is 0.311 e. The van der Waals surface area contributed by atoms with Gasteiger partial charge in [0.1, 0.15) is 6.10 Å². The molecular weight excluding hydrogens is 344 g/mol. The van der Waals surface area contributed by atoms with Crippen molar-refractivity contribution >= 4 is 5.97 Å². The molecule has 2 bridgehead atoms. The van der Waals surface area contributed by atoms with E-state index in [1.165, 1.54) is 0 Å². The third-order valence-electron chi connectivity index (χ3n) is 8.05. The molecule has 6 unspecified atom stereocenters. The first-order valence-electron chi connectivity index (χ1n) is 10.7. The summed E-state index contributed by atoms with van der Waals surface area (Å²) in [5, 5.41) is 32.2. The lowest BCUT2D eigenvalue weighted by atomic mass is 9.56. The SMILES string of the molecule is CC[C@@H](O)[C@H](C)C1OC(=O)[C@@H]2C[C@@](C)(CC(C)C(O)[C@@H]1C)C(C)C(C)C2O. The molecule has 0 radical (unpaired) electrons. The topological polar surface area (TPSA) is 87.0 Å². The van der Waals surface area contributed by atoms with Gasteiger partial charge in [-0.2, -0.15) is 0 Å². The highest BCUT2D eigenvalue weighted by molar-refractivity contribution is 5.73. The van der Waals surface area contributed by atoms with Crippen molar-refractivity contribution in [2.24, 2.45) is 40.9 Å². The van der Waals surface area contributed by atoms with E-state index in [0.717, 1.165) is 6.42 Å². The summed E-state index contributed by atoms with van der Waals surface area (Å²) < 4.78 is 5.91. The van der Waals surface area contributed by atoms with Crippen molar-refractivity contribution in [1.82, 2.24) is 0 Å². The summed E-state index contributed by atoms with van der Waals surface area (Å²) in [5.74, 6) is -1.23. The van der Waals surface area contributed by atoms with Gasteiger partial charge >= 0.3 is 5.97 Å². The second kappa shape index (κ2) is 8.38. The van der Waals surface area contributed by atoms with Crippen LogP contribution in [0.4, 0.5) is 0 Å². The number of carbonyl (C=O) groups is 1. The average molecular weight is 385 g/mol. The smallest absolute Gasteiger partial charge is 0.311 e. The highest BCUT2D eigenvalue weighted by Gasteiger charge is 2.52. The van der Waals surface area contributed by atoms with Gasteiger partial charge in [0.05, 0.1) is 24.2 Å². The molecule has 5 nitrogen and oxygen atoms in total. The number of cyclic esters (lactones) is 1. The van der Waals surface area contributed by atoms with Crippen molar-refractivity contribution in [2.45, 2.75) is 92.1 Å². The van der Waals surface area contributed by atoms with Gasteiger partial charge < -0.3 is 20.1 Å². The highest BCUT2D eigenvalue weighted by atomic mass is 16.5. The van der Waals surface area contributed by atoms with Gasteiger partial charge in [-0.15, -0.1) is 0 Å². The number of hydrogen-bond acceptors (Lipinski definition) is 5. The monoisotopic (exact) mass is 384 g/mol. The summed E-state index contributed by atoms with van der Waals surface area (Å²) in [6.45, 7) is 14.1. The van der Waals surface area contributed by atoms with Crippen LogP contribution in [0.25, 0.3) is 0 Å². The van der Waals surface area contributed by atoms with E-state index in [1.54, 1.807) is 0 Å². The molecule has 1 aliphatic carbocycles. The van der Waals surface area contributed by atoms with Gasteiger partial charge in [0.25, 0.3) is 0 Å². The van der Waals surface area contributed by atoms with Crippen LogP contribution in [0, 0.1) is 40.9 Å². The average Bonchev–Trinajstić information content (AvgIpc) is 2.64. The number of carbonyl (C=O) groups excluding carboxylic acids is 1. The van der Waals surface area contributed by atoms with E-state index < -0.39 is 30.3 Å². The normalized spacial score (nSPS) is 48.4.